The van der Waals surface area contributed by atoms with Crippen molar-refractivity contribution in [3.05, 3.63) is 59.2 Å². The van der Waals surface area contributed by atoms with Crippen molar-refractivity contribution in [2.45, 2.75) is 0 Å². The van der Waals surface area contributed by atoms with Gasteiger partial charge < -0.3 is 4.74 Å². The Balaban J connectivity index is 2.40. The summed E-state index contributed by atoms with van der Waals surface area (Å²) in [4.78, 5) is 4.39. The zero-order chi connectivity index (χ0) is 14.8. The Bertz CT molecular complexity index is 854. The van der Waals surface area contributed by atoms with Crippen molar-refractivity contribution in [3.63, 3.8) is 0 Å². The standard InChI is InChI=1S/C17H11ClN2O/c1-21-12-7-8-15-13(9-12)14(10-19)16(17(18)20-15)11-5-3-2-4-6-11/h2-9H,1H3. The Morgan fingerprint density at radius 1 is 1.14 bits per heavy atom. The molecule has 4 heteroatoms. The number of hydrogen-bond acceptors (Lipinski definition) is 3. The summed E-state index contributed by atoms with van der Waals surface area (Å²) in [6.07, 6.45) is 0. The van der Waals surface area contributed by atoms with E-state index in [0.717, 1.165) is 10.9 Å². The lowest BCUT2D eigenvalue weighted by molar-refractivity contribution is 0.415. The first-order valence-electron chi connectivity index (χ1n) is 6.37. The zero-order valence-electron chi connectivity index (χ0n) is 11.3. The number of nitrogens with zero attached hydrogens (tertiary/aromatic N) is 2. The average Bonchev–Trinajstić information content (AvgIpc) is 2.54. The van der Waals surface area contributed by atoms with Crippen LogP contribution in [0.5, 0.6) is 5.75 Å². The molecule has 0 bridgehead atoms. The molecule has 3 aromatic rings. The quantitative estimate of drug-likeness (QED) is 0.657. The second-order valence-electron chi connectivity index (χ2n) is 4.51. The van der Waals surface area contributed by atoms with Gasteiger partial charge in [-0.05, 0) is 23.8 Å². The van der Waals surface area contributed by atoms with Gasteiger partial charge in [-0.2, -0.15) is 5.26 Å². The molecule has 0 N–H and O–H groups in total. The molecular formula is C17H11ClN2O. The minimum Gasteiger partial charge on any atom is -0.497 e. The van der Waals surface area contributed by atoms with Gasteiger partial charge in [0.1, 0.15) is 17.0 Å². The topological polar surface area (TPSA) is 45.9 Å². The molecule has 0 aliphatic carbocycles. The molecule has 21 heavy (non-hydrogen) atoms. The summed E-state index contributed by atoms with van der Waals surface area (Å²) in [6.45, 7) is 0. The normalized spacial score (nSPS) is 10.3. The summed E-state index contributed by atoms with van der Waals surface area (Å²) in [6, 6.07) is 17.2. The Kier molecular flexibility index (Phi) is 3.47. The van der Waals surface area contributed by atoms with Gasteiger partial charge in [0.25, 0.3) is 0 Å². The van der Waals surface area contributed by atoms with Crippen LogP contribution in [0.3, 0.4) is 0 Å². The second kappa shape index (κ2) is 5.43. The number of pyridine rings is 1. The molecule has 0 saturated carbocycles. The molecule has 0 aliphatic rings. The summed E-state index contributed by atoms with van der Waals surface area (Å²) in [5.74, 6) is 0.683. The fourth-order valence-electron chi connectivity index (χ4n) is 2.32. The number of methoxy groups -OCH3 is 1. The highest BCUT2D eigenvalue weighted by atomic mass is 35.5. The Labute approximate surface area is 127 Å². The molecule has 0 radical (unpaired) electrons. The van der Waals surface area contributed by atoms with Gasteiger partial charge in [-0.3, -0.25) is 0 Å². The van der Waals surface area contributed by atoms with Gasteiger partial charge in [0, 0.05) is 10.9 Å². The first-order chi connectivity index (χ1) is 10.2. The molecule has 0 aliphatic heterocycles. The van der Waals surface area contributed by atoms with Gasteiger partial charge in [-0.1, -0.05) is 41.9 Å². The van der Waals surface area contributed by atoms with Crippen molar-refractivity contribution in [2.75, 3.05) is 7.11 Å². The van der Waals surface area contributed by atoms with Crippen molar-refractivity contribution in [1.82, 2.24) is 4.98 Å². The fraction of sp³-hybridized carbons (Fsp3) is 0.0588. The molecule has 1 heterocycles. The number of fused-ring (bicyclic) bond motifs is 1. The van der Waals surface area contributed by atoms with E-state index in [2.05, 4.69) is 11.1 Å². The van der Waals surface area contributed by atoms with E-state index in [-0.39, 0.29) is 0 Å². The maximum absolute atomic E-state index is 9.59. The van der Waals surface area contributed by atoms with Crippen LogP contribution in [0.2, 0.25) is 5.15 Å². The lowest BCUT2D eigenvalue weighted by Crippen LogP contribution is -1.93. The lowest BCUT2D eigenvalue weighted by atomic mass is 9.98. The largest absolute Gasteiger partial charge is 0.497 e. The van der Waals surface area contributed by atoms with Crippen LogP contribution in [-0.2, 0) is 0 Å². The van der Waals surface area contributed by atoms with Crippen LogP contribution in [0.25, 0.3) is 22.0 Å². The molecule has 102 valence electrons. The van der Waals surface area contributed by atoms with Crippen LogP contribution in [0.4, 0.5) is 0 Å². The molecule has 3 nitrogen and oxygen atoms in total. The lowest BCUT2D eigenvalue weighted by Gasteiger charge is -2.10. The molecule has 3 rings (SSSR count). The van der Waals surface area contributed by atoms with Crippen molar-refractivity contribution >= 4 is 22.5 Å². The number of halogens is 1. The van der Waals surface area contributed by atoms with Gasteiger partial charge in [-0.25, -0.2) is 4.98 Å². The molecule has 1 aromatic heterocycles. The summed E-state index contributed by atoms with van der Waals surface area (Å²) in [7, 11) is 1.59. The van der Waals surface area contributed by atoms with E-state index in [0.29, 0.717) is 27.5 Å². The third kappa shape index (κ3) is 2.31. The number of rotatable bonds is 2. The van der Waals surface area contributed by atoms with Crippen LogP contribution in [0, 0.1) is 11.3 Å². The number of nitriles is 1. The van der Waals surface area contributed by atoms with Gasteiger partial charge in [-0.15, -0.1) is 0 Å². The first-order valence-corrected chi connectivity index (χ1v) is 6.75. The van der Waals surface area contributed by atoms with E-state index in [1.54, 1.807) is 19.2 Å². The van der Waals surface area contributed by atoms with E-state index < -0.39 is 0 Å². The van der Waals surface area contributed by atoms with Crippen LogP contribution >= 0.6 is 11.6 Å². The Morgan fingerprint density at radius 3 is 2.57 bits per heavy atom. The smallest absolute Gasteiger partial charge is 0.138 e. The first kappa shape index (κ1) is 13.4. The predicted molar refractivity (Wildman–Crippen MR) is 83.5 cm³/mol. The van der Waals surface area contributed by atoms with Gasteiger partial charge in [0.05, 0.1) is 18.2 Å². The van der Waals surface area contributed by atoms with Gasteiger partial charge in [0.2, 0.25) is 0 Å². The van der Waals surface area contributed by atoms with Crippen LogP contribution < -0.4 is 4.74 Å². The van der Waals surface area contributed by atoms with E-state index in [1.165, 1.54) is 0 Å². The van der Waals surface area contributed by atoms with Gasteiger partial charge >= 0.3 is 0 Å². The second-order valence-corrected chi connectivity index (χ2v) is 4.87. The Hall–Kier alpha value is -2.57. The van der Waals surface area contributed by atoms with Crippen LogP contribution in [-0.4, -0.2) is 12.1 Å². The van der Waals surface area contributed by atoms with E-state index in [1.807, 2.05) is 36.4 Å². The van der Waals surface area contributed by atoms with Crippen LogP contribution in [0.1, 0.15) is 5.56 Å². The average molecular weight is 295 g/mol. The predicted octanol–water partition coefficient (Wildman–Crippen LogP) is 4.44. The SMILES string of the molecule is COc1ccc2nc(Cl)c(-c3ccccc3)c(C#N)c2c1. The monoisotopic (exact) mass is 294 g/mol. The molecular weight excluding hydrogens is 284 g/mol. The van der Waals surface area contributed by atoms with Crippen LogP contribution in [0.15, 0.2) is 48.5 Å². The highest BCUT2D eigenvalue weighted by molar-refractivity contribution is 6.33. The number of aromatic nitrogens is 1. The summed E-state index contributed by atoms with van der Waals surface area (Å²) in [5.41, 5.74) is 2.71. The molecule has 2 aromatic carbocycles. The molecule has 0 saturated heterocycles. The van der Waals surface area contributed by atoms with Crippen molar-refractivity contribution < 1.29 is 4.74 Å². The molecule has 0 amide bonds. The van der Waals surface area contributed by atoms with Crippen molar-refractivity contribution in [2.24, 2.45) is 0 Å². The van der Waals surface area contributed by atoms with Gasteiger partial charge in [0.15, 0.2) is 0 Å². The maximum atomic E-state index is 9.59. The van der Waals surface area contributed by atoms with E-state index in [4.69, 9.17) is 16.3 Å². The van der Waals surface area contributed by atoms with Crippen molar-refractivity contribution in [1.29, 1.82) is 5.26 Å². The number of hydrogen-bond donors (Lipinski definition) is 0. The maximum Gasteiger partial charge on any atom is 0.138 e. The third-order valence-electron chi connectivity index (χ3n) is 3.32. The third-order valence-corrected chi connectivity index (χ3v) is 3.60. The summed E-state index contributed by atoms with van der Waals surface area (Å²) in [5, 5.41) is 10.7. The number of benzene rings is 2. The zero-order valence-corrected chi connectivity index (χ0v) is 12.1. The van der Waals surface area contributed by atoms with E-state index >= 15 is 0 Å². The fourth-order valence-corrected chi connectivity index (χ4v) is 2.62. The molecule has 0 unspecified atom stereocenters. The molecule has 0 spiro atoms. The van der Waals surface area contributed by atoms with E-state index in [9.17, 15) is 5.26 Å². The molecule has 0 fully saturated rings. The summed E-state index contributed by atoms with van der Waals surface area (Å²) >= 11 is 6.30. The minimum absolute atomic E-state index is 0.329. The Morgan fingerprint density at radius 2 is 1.90 bits per heavy atom. The highest BCUT2D eigenvalue weighted by Crippen LogP contribution is 2.35. The highest BCUT2D eigenvalue weighted by Gasteiger charge is 2.15. The summed E-state index contributed by atoms with van der Waals surface area (Å²) < 4.78 is 5.23. The molecule has 0 atom stereocenters. The minimum atomic E-state index is 0.329. The number of ether oxygens (including phenoxy) is 1. The van der Waals surface area contributed by atoms with Crippen molar-refractivity contribution in [3.8, 4) is 22.9 Å².